The molecular weight excluding hydrogens is 426 g/mol. The van der Waals surface area contributed by atoms with E-state index in [1.807, 2.05) is 24.3 Å². The van der Waals surface area contributed by atoms with Crippen LogP contribution in [-0.4, -0.2) is 63.5 Å². The fourth-order valence-corrected chi connectivity index (χ4v) is 5.06. The molecular formula is C28H27N3O3. The number of carbonyl (C=O) groups excluding carboxylic acids is 2. The first-order valence-corrected chi connectivity index (χ1v) is 11.6. The Labute approximate surface area is 199 Å². The average molecular weight is 454 g/mol. The van der Waals surface area contributed by atoms with Crippen molar-refractivity contribution in [1.29, 1.82) is 0 Å². The van der Waals surface area contributed by atoms with Crippen LogP contribution in [0, 0.1) is 0 Å². The summed E-state index contributed by atoms with van der Waals surface area (Å²) < 4.78 is 0. The zero-order valence-electron chi connectivity index (χ0n) is 18.8. The van der Waals surface area contributed by atoms with Gasteiger partial charge in [-0.1, -0.05) is 72.8 Å². The second-order valence-electron chi connectivity index (χ2n) is 8.87. The van der Waals surface area contributed by atoms with Crippen molar-refractivity contribution in [3.63, 3.8) is 0 Å². The van der Waals surface area contributed by atoms with Gasteiger partial charge in [0.15, 0.2) is 0 Å². The Kier molecular flexibility index (Phi) is 6.23. The maximum atomic E-state index is 12.9. The quantitative estimate of drug-likeness (QED) is 0.583. The topological polar surface area (TPSA) is 73.7 Å². The highest BCUT2D eigenvalue weighted by Crippen LogP contribution is 2.43. The molecule has 0 unspecified atom stereocenters. The number of carbonyl (C=O) groups is 2. The highest BCUT2D eigenvalue weighted by atomic mass is 16.3. The largest absolute Gasteiger partial charge is 0.394 e. The summed E-state index contributed by atoms with van der Waals surface area (Å²) in [7, 11) is 0. The van der Waals surface area contributed by atoms with Crippen molar-refractivity contribution in [1.82, 2.24) is 14.8 Å². The Balaban J connectivity index is 1.30. The van der Waals surface area contributed by atoms with Gasteiger partial charge in [-0.2, -0.15) is 0 Å². The van der Waals surface area contributed by atoms with E-state index in [4.69, 9.17) is 0 Å². The van der Waals surface area contributed by atoms with Crippen LogP contribution in [0.15, 0.2) is 79.1 Å². The Morgan fingerprint density at radius 1 is 1.00 bits per heavy atom. The summed E-state index contributed by atoms with van der Waals surface area (Å²) >= 11 is 0. The van der Waals surface area contributed by atoms with Crippen molar-refractivity contribution in [3.05, 3.63) is 101 Å². The number of aliphatic hydroxyl groups excluding tert-OH is 1. The van der Waals surface area contributed by atoms with E-state index in [0.717, 1.165) is 22.3 Å². The van der Waals surface area contributed by atoms with Crippen LogP contribution < -0.4 is 0 Å². The van der Waals surface area contributed by atoms with Crippen LogP contribution in [-0.2, 0) is 16.0 Å². The fraction of sp³-hybridized carbons (Fsp3) is 0.250. The van der Waals surface area contributed by atoms with E-state index < -0.39 is 0 Å². The first-order valence-electron chi connectivity index (χ1n) is 11.6. The lowest BCUT2D eigenvalue weighted by Gasteiger charge is -2.58. The molecule has 6 heteroatoms. The Morgan fingerprint density at radius 3 is 2.41 bits per heavy atom. The summed E-state index contributed by atoms with van der Waals surface area (Å²) in [5.41, 5.74) is 4.13. The number of fused-ring (bicyclic) bond motifs is 1. The third kappa shape index (κ3) is 4.37. The van der Waals surface area contributed by atoms with Crippen LogP contribution in [0.3, 0.4) is 0 Å². The molecule has 2 fully saturated rings. The molecule has 2 aromatic carbocycles. The minimum absolute atomic E-state index is 0.00454. The molecule has 2 amide bonds. The van der Waals surface area contributed by atoms with E-state index in [9.17, 15) is 14.7 Å². The second kappa shape index (κ2) is 9.61. The average Bonchev–Trinajstić information content (AvgIpc) is 2.86. The number of aliphatic hydroxyl groups is 1. The number of pyridine rings is 1. The molecule has 3 heterocycles. The van der Waals surface area contributed by atoms with Crippen molar-refractivity contribution >= 4 is 24.0 Å². The van der Waals surface area contributed by atoms with E-state index in [1.54, 1.807) is 28.3 Å². The Hall–Kier alpha value is -3.77. The van der Waals surface area contributed by atoms with E-state index in [2.05, 4.69) is 53.5 Å². The maximum Gasteiger partial charge on any atom is 0.242 e. The summed E-state index contributed by atoms with van der Waals surface area (Å²) in [5.74, 6) is -0.183. The van der Waals surface area contributed by atoms with Gasteiger partial charge in [0.2, 0.25) is 11.8 Å². The van der Waals surface area contributed by atoms with E-state index in [1.165, 1.54) is 0 Å². The van der Waals surface area contributed by atoms with Crippen molar-refractivity contribution < 1.29 is 14.7 Å². The van der Waals surface area contributed by atoms with Crippen molar-refractivity contribution in [2.24, 2.45) is 0 Å². The predicted octanol–water partition coefficient (Wildman–Crippen LogP) is 2.99. The maximum absolute atomic E-state index is 12.9. The molecule has 0 radical (unpaired) electrons. The summed E-state index contributed by atoms with van der Waals surface area (Å²) in [6, 6.07) is 21.7. The van der Waals surface area contributed by atoms with Gasteiger partial charge in [0.05, 0.1) is 31.7 Å². The molecule has 5 rings (SSSR count). The number of hydrogen-bond acceptors (Lipinski definition) is 4. The van der Waals surface area contributed by atoms with Crippen LogP contribution in [0.1, 0.15) is 28.2 Å². The Morgan fingerprint density at radius 2 is 1.74 bits per heavy atom. The van der Waals surface area contributed by atoms with E-state index >= 15 is 0 Å². The second-order valence-corrected chi connectivity index (χ2v) is 8.87. The molecule has 1 N–H and O–H groups in total. The summed E-state index contributed by atoms with van der Waals surface area (Å²) in [4.78, 5) is 33.2. The minimum Gasteiger partial charge on any atom is -0.394 e. The molecule has 2 aliphatic heterocycles. The highest BCUT2D eigenvalue weighted by molar-refractivity contribution is 5.88. The van der Waals surface area contributed by atoms with Gasteiger partial charge in [0.25, 0.3) is 0 Å². The number of nitrogens with zero attached hydrogens (tertiary/aromatic N) is 3. The van der Waals surface area contributed by atoms with Crippen molar-refractivity contribution in [2.45, 2.75) is 24.4 Å². The smallest absolute Gasteiger partial charge is 0.242 e. The van der Waals surface area contributed by atoms with Gasteiger partial charge in [-0.25, -0.2) is 0 Å². The van der Waals surface area contributed by atoms with Crippen LogP contribution in [0.25, 0.3) is 12.2 Å². The van der Waals surface area contributed by atoms with Crippen LogP contribution >= 0.6 is 0 Å². The molecule has 0 spiro atoms. The highest BCUT2D eigenvalue weighted by Gasteiger charge is 2.54. The molecule has 3 atom stereocenters. The first kappa shape index (κ1) is 22.0. The molecule has 0 aliphatic carbocycles. The van der Waals surface area contributed by atoms with Crippen LogP contribution in [0.2, 0.25) is 0 Å². The minimum atomic E-state index is -0.251. The predicted molar refractivity (Wildman–Crippen MR) is 131 cm³/mol. The summed E-state index contributed by atoms with van der Waals surface area (Å²) in [5, 5.41) is 10.0. The summed E-state index contributed by atoms with van der Waals surface area (Å²) in [6.45, 7) is 0.440. The Bertz CT molecular complexity index is 1180. The number of hydrogen-bond donors (Lipinski definition) is 1. The fourth-order valence-electron chi connectivity index (χ4n) is 5.06. The molecule has 34 heavy (non-hydrogen) atoms. The molecule has 1 aromatic heterocycles. The van der Waals surface area contributed by atoms with Gasteiger partial charge in [-0.3, -0.25) is 14.6 Å². The number of benzene rings is 2. The molecule has 3 aromatic rings. The molecule has 172 valence electrons. The van der Waals surface area contributed by atoms with Gasteiger partial charge in [-0.05, 0) is 28.3 Å². The number of rotatable bonds is 6. The van der Waals surface area contributed by atoms with Crippen LogP contribution in [0.5, 0.6) is 0 Å². The number of aromatic nitrogens is 1. The first-order chi connectivity index (χ1) is 16.6. The van der Waals surface area contributed by atoms with E-state index in [0.29, 0.717) is 6.54 Å². The molecule has 6 nitrogen and oxygen atoms in total. The zero-order valence-corrected chi connectivity index (χ0v) is 18.8. The lowest BCUT2D eigenvalue weighted by molar-refractivity contribution is -0.166. The molecule has 2 saturated heterocycles. The SMILES string of the molecule is O=C(Cc1cccnc1)N1CC(=O)N2[C@H](C1)[C@H](c1ccc(C=Cc3ccccc3)cc1)[C@@H]2CO. The normalized spacial score (nSPS) is 21.9. The lowest BCUT2D eigenvalue weighted by Crippen LogP contribution is -2.73. The molecule has 0 bridgehead atoms. The van der Waals surface area contributed by atoms with Gasteiger partial charge in [0.1, 0.15) is 0 Å². The van der Waals surface area contributed by atoms with Gasteiger partial charge >= 0.3 is 0 Å². The van der Waals surface area contributed by atoms with Crippen LogP contribution in [0.4, 0.5) is 0 Å². The van der Waals surface area contributed by atoms with Gasteiger partial charge in [0, 0.05) is 24.9 Å². The molecule has 2 aliphatic rings. The zero-order chi connectivity index (χ0) is 23.5. The standard InChI is InChI=1S/C28H27N3O3/c32-19-25-28(23-12-10-21(11-13-23)9-8-20-5-2-1-3-6-20)24-17-30(18-27(34)31(24)25)26(33)15-22-7-4-14-29-16-22/h1-14,16,24-25,28,32H,15,17-19H2/t24-,25+,28+/m1/s1. The molecule has 0 saturated carbocycles. The van der Waals surface area contributed by atoms with Crippen molar-refractivity contribution in [2.75, 3.05) is 19.7 Å². The van der Waals surface area contributed by atoms with Gasteiger partial charge < -0.3 is 14.9 Å². The lowest BCUT2D eigenvalue weighted by atomic mass is 9.73. The monoisotopic (exact) mass is 453 g/mol. The van der Waals surface area contributed by atoms with Crippen molar-refractivity contribution in [3.8, 4) is 0 Å². The van der Waals surface area contributed by atoms with Gasteiger partial charge in [-0.15, -0.1) is 0 Å². The number of amides is 2. The number of piperazine rings is 1. The summed E-state index contributed by atoms with van der Waals surface area (Å²) in [6.07, 6.45) is 7.72. The van der Waals surface area contributed by atoms with E-state index in [-0.39, 0.29) is 49.4 Å². The third-order valence-corrected chi connectivity index (χ3v) is 6.77. The third-order valence-electron chi connectivity index (χ3n) is 6.77.